The molecule has 0 aliphatic heterocycles. The first-order chi connectivity index (χ1) is 9.82. The van der Waals surface area contributed by atoms with Crippen LogP contribution in [0.15, 0.2) is 24.3 Å². The van der Waals surface area contributed by atoms with E-state index in [1.807, 2.05) is 6.92 Å². The van der Waals surface area contributed by atoms with Crippen LogP contribution in [0.25, 0.3) is 0 Å². The molecule has 2 aromatic rings. The molecule has 21 heavy (non-hydrogen) atoms. The molecule has 7 heteroatoms. The number of nitrogens with zero attached hydrogens (tertiary/aromatic N) is 2. The highest BCUT2D eigenvalue weighted by molar-refractivity contribution is 6.30. The second-order valence-corrected chi connectivity index (χ2v) is 4.78. The predicted octanol–water partition coefficient (Wildman–Crippen LogP) is 4.76. The van der Waals surface area contributed by atoms with Gasteiger partial charge in [0.05, 0.1) is 11.3 Å². The Bertz CT molecular complexity index is 656. The molecule has 0 radical (unpaired) electrons. The van der Waals surface area contributed by atoms with Gasteiger partial charge in [0.1, 0.15) is 16.8 Å². The first-order valence-electron chi connectivity index (χ1n) is 6.29. The summed E-state index contributed by atoms with van der Waals surface area (Å²) in [6.07, 6.45) is -3.91. The molecule has 0 atom stereocenters. The van der Waals surface area contributed by atoms with Gasteiger partial charge in [0.2, 0.25) is 0 Å². The molecular formula is C14H13ClF3N3. The van der Waals surface area contributed by atoms with Gasteiger partial charge in [0.15, 0.2) is 0 Å². The van der Waals surface area contributed by atoms with Gasteiger partial charge < -0.3 is 5.32 Å². The van der Waals surface area contributed by atoms with Crippen LogP contribution in [0.2, 0.25) is 5.15 Å². The lowest BCUT2D eigenvalue weighted by Crippen LogP contribution is -2.10. The van der Waals surface area contributed by atoms with Gasteiger partial charge in [-0.1, -0.05) is 30.7 Å². The number of hydrogen-bond acceptors (Lipinski definition) is 3. The minimum atomic E-state index is -4.44. The summed E-state index contributed by atoms with van der Waals surface area (Å²) < 4.78 is 38.9. The third-order valence-corrected chi connectivity index (χ3v) is 3.30. The van der Waals surface area contributed by atoms with E-state index in [1.54, 1.807) is 6.92 Å². The Hall–Kier alpha value is -1.82. The Balaban J connectivity index is 2.46. The van der Waals surface area contributed by atoms with Crippen molar-refractivity contribution in [1.82, 2.24) is 9.97 Å². The van der Waals surface area contributed by atoms with Gasteiger partial charge in [0.25, 0.3) is 0 Å². The Labute approximate surface area is 125 Å². The Kier molecular flexibility index (Phi) is 4.37. The molecule has 1 N–H and O–H groups in total. The van der Waals surface area contributed by atoms with Gasteiger partial charge in [-0.15, -0.1) is 0 Å². The Morgan fingerprint density at radius 1 is 1.19 bits per heavy atom. The first kappa shape index (κ1) is 15.6. The van der Waals surface area contributed by atoms with Gasteiger partial charge in [-0.05, 0) is 19.1 Å². The van der Waals surface area contributed by atoms with Crippen LogP contribution in [0, 0.1) is 6.92 Å². The average Bonchev–Trinajstić information content (AvgIpc) is 2.43. The number of aryl methyl sites for hydroxylation is 1. The van der Waals surface area contributed by atoms with Crippen LogP contribution < -0.4 is 5.32 Å². The topological polar surface area (TPSA) is 37.8 Å². The highest BCUT2D eigenvalue weighted by Gasteiger charge is 2.33. The molecule has 1 aromatic carbocycles. The minimum Gasteiger partial charge on any atom is -0.339 e. The zero-order chi connectivity index (χ0) is 15.6. The molecule has 0 bridgehead atoms. The quantitative estimate of drug-likeness (QED) is 0.830. The van der Waals surface area contributed by atoms with E-state index in [9.17, 15) is 13.2 Å². The van der Waals surface area contributed by atoms with E-state index in [1.165, 1.54) is 18.2 Å². The predicted molar refractivity (Wildman–Crippen MR) is 75.9 cm³/mol. The van der Waals surface area contributed by atoms with Crippen LogP contribution in [-0.4, -0.2) is 9.97 Å². The molecule has 112 valence electrons. The van der Waals surface area contributed by atoms with E-state index >= 15 is 0 Å². The fourth-order valence-corrected chi connectivity index (χ4v) is 1.97. The summed E-state index contributed by atoms with van der Waals surface area (Å²) in [4.78, 5) is 8.25. The van der Waals surface area contributed by atoms with Gasteiger partial charge in [-0.3, -0.25) is 0 Å². The third kappa shape index (κ3) is 3.44. The monoisotopic (exact) mass is 315 g/mol. The van der Waals surface area contributed by atoms with Crippen LogP contribution in [0.3, 0.4) is 0 Å². The van der Waals surface area contributed by atoms with Crippen molar-refractivity contribution < 1.29 is 13.2 Å². The van der Waals surface area contributed by atoms with E-state index in [0.717, 1.165) is 6.07 Å². The normalized spacial score (nSPS) is 11.5. The zero-order valence-electron chi connectivity index (χ0n) is 11.4. The minimum absolute atomic E-state index is 0.0649. The summed E-state index contributed by atoms with van der Waals surface area (Å²) in [5.41, 5.74) is -0.312. The molecule has 0 fully saturated rings. The second kappa shape index (κ2) is 5.89. The molecule has 0 saturated carbocycles. The molecule has 1 heterocycles. The summed E-state index contributed by atoms with van der Waals surface area (Å²) in [7, 11) is 0. The van der Waals surface area contributed by atoms with Crippen LogP contribution in [-0.2, 0) is 12.6 Å². The van der Waals surface area contributed by atoms with E-state index in [4.69, 9.17) is 11.6 Å². The molecule has 0 saturated heterocycles. The Morgan fingerprint density at radius 2 is 1.86 bits per heavy atom. The average molecular weight is 316 g/mol. The van der Waals surface area contributed by atoms with Crippen molar-refractivity contribution in [2.24, 2.45) is 0 Å². The number of para-hydroxylation sites is 1. The number of benzene rings is 1. The molecule has 0 aliphatic carbocycles. The van der Waals surface area contributed by atoms with E-state index < -0.39 is 11.7 Å². The van der Waals surface area contributed by atoms with E-state index in [2.05, 4.69) is 15.3 Å². The number of anilines is 2. The fraction of sp³-hybridized carbons (Fsp3) is 0.286. The molecule has 0 aliphatic rings. The molecule has 0 unspecified atom stereocenters. The number of rotatable bonds is 3. The van der Waals surface area contributed by atoms with Crippen molar-refractivity contribution in [3.05, 3.63) is 46.4 Å². The largest absolute Gasteiger partial charge is 0.418 e. The smallest absolute Gasteiger partial charge is 0.339 e. The Morgan fingerprint density at radius 3 is 2.48 bits per heavy atom. The highest BCUT2D eigenvalue weighted by Crippen LogP contribution is 2.36. The van der Waals surface area contributed by atoms with Gasteiger partial charge in [-0.2, -0.15) is 13.2 Å². The maximum absolute atomic E-state index is 13.0. The number of halogens is 4. The van der Waals surface area contributed by atoms with Crippen LogP contribution in [0.5, 0.6) is 0 Å². The molecule has 0 spiro atoms. The maximum Gasteiger partial charge on any atom is 0.418 e. The lowest BCUT2D eigenvalue weighted by Gasteiger charge is -2.15. The summed E-state index contributed by atoms with van der Waals surface area (Å²) in [5.74, 6) is 0.751. The van der Waals surface area contributed by atoms with Crippen molar-refractivity contribution >= 4 is 23.1 Å². The van der Waals surface area contributed by atoms with Crippen molar-refractivity contribution in [2.75, 3.05) is 5.32 Å². The van der Waals surface area contributed by atoms with Crippen LogP contribution in [0.4, 0.5) is 24.7 Å². The molecular weight excluding hydrogens is 303 g/mol. The van der Waals surface area contributed by atoms with Crippen molar-refractivity contribution in [1.29, 1.82) is 0 Å². The van der Waals surface area contributed by atoms with E-state index in [0.29, 0.717) is 17.8 Å². The SMILES string of the molecule is CCc1nc(Cl)c(C)c(Nc2ccccc2C(F)(F)F)n1. The fourth-order valence-electron chi connectivity index (χ4n) is 1.78. The number of nitrogens with one attached hydrogen (secondary N) is 1. The van der Waals surface area contributed by atoms with Gasteiger partial charge >= 0.3 is 6.18 Å². The van der Waals surface area contributed by atoms with Crippen LogP contribution >= 0.6 is 11.6 Å². The second-order valence-electron chi connectivity index (χ2n) is 4.43. The molecule has 3 nitrogen and oxygen atoms in total. The zero-order valence-corrected chi connectivity index (χ0v) is 12.2. The standard InChI is InChI=1S/C14H13ClF3N3/c1-3-11-20-12(15)8(2)13(21-11)19-10-7-5-4-6-9(10)14(16,17)18/h4-7H,3H2,1-2H3,(H,19,20,21). The van der Waals surface area contributed by atoms with Crippen molar-refractivity contribution in [3.8, 4) is 0 Å². The van der Waals surface area contributed by atoms with Crippen molar-refractivity contribution in [3.63, 3.8) is 0 Å². The van der Waals surface area contributed by atoms with Crippen LogP contribution in [0.1, 0.15) is 23.9 Å². The number of alkyl halides is 3. The summed E-state index contributed by atoms with van der Waals surface area (Å²) >= 11 is 5.98. The lowest BCUT2D eigenvalue weighted by molar-refractivity contribution is -0.136. The summed E-state index contributed by atoms with van der Waals surface area (Å²) in [6, 6.07) is 5.23. The lowest BCUT2D eigenvalue weighted by atomic mass is 10.1. The van der Waals surface area contributed by atoms with Gasteiger partial charge in [-0.25, -0.2) is 9.97 Å². The maximum atomic E-state index is 13.0. The van der Waals surface area contributed by atoms with Crippen molar-refractivity contribution in [2.45, 2.75) is 26.4 Å². The van der Waals surface area contributed by atoms with E-state index in [-0.39, 0.29) is 16.7 Å². The molecule has 0 amide bonds. The number of hydrogen-bond donors (Lipinski definition) is 1. The first-order valence-corrected chi connectivity index (χ1v) is 6.67. The molecule has 1 aromatic heterocycles. The highest BCUT2D eigenvalue weighted by atomic mass is 35.5. The third-order valence-electron chi connectivity index (χ3n) is 2.93. The summed E-state index contributed by atoms with van der Waals surface area (Å²) in [5, 5.41) is 2.94. The van der Waals surface area contributed by atoms with Gasteiger partial charge in [0, 0.05) is 12.0 Å². The summed E-state index contributed by atoms with van der Waals surface area (Å²) in [6.45, 7) is 3.49. The molecule has 2 rings (SSSR count). The number of aromatic nitrogens is 2.